The topological polar surface area (TPSA) is 32.3 Å². The van der Waals surface area contributed by atoms with Gasteiger partial charge in [-0.25, -0.2) is 8.78 Å². The fourth-order valence-corrected chi connectivity index (χ4v) is 2.29. The first-order chi connectivity index (χ1) is 7.02. The third-order valence-electron chi connectivity index (χ3n) is 3.35. The van der Waals surface area contributed by atoms with Gasteiger partial charge in [0.25, 0.3) is 0 Å². The van der Waals surface area contributed by atoms with Crippen LogP contribution < -0.4 is 5.32 Å². The number of nitrogens with one attached hydrogen (secondary N) is 1. The fourth-order valence-electron chi connectivity index (χ4n) is 2.29. The lowest BCUT2D eigenvalue weighted by Crippen LogP contribution is -2.46. The van der Waals surface area contributed by atoms with Crippen molar-refractivity contribution in [3.63, 3.8) is 0 Å². The molecule has 86 valence electrons. The first-order valence-electron chi connectivity index (χ1n) is 5.36. The van der Waals surface area contributed by atoms with Crippen LogP contribution in [0, 0.1) is 5.92 Å². The number of nitrogens with zero attached hydrogens (tertiary/aromatic N) is 1. The van der Waals surface area contributed by atoms with Crippen molar-refractivity contribution in [1.29, 1.82) is 0 Å². The predicted octanol–water partition coefficient (Wildman–Crippen LogP) is 0.852. The van der Waals surface area contributed by atoms with Crippen molar-refractivity contribution >= 4 is 5.91 Å². The molecule has 2 rings (SSSR count). The Morgan fingerprint density at radius 2 is 2.13 bits per heavy atom. The Labute approximate surface area is 87.8 Å². The van der Waals surface area contributed by atoms with E-state index >= 15 is 0 Å². The Morgan fingerprint density at radius 3 is 2.60 bits per heavy atom. The quantitative estimate of drug-likeness (QED) is 0.745. The second kappa shape index (κ2) is 3.70. The molecule has 0 aromatic carbocycles. The largest absolute Gasteiger partial charge is 0.341 e. The van der Waals surface area contributed by atoms with E-state index in [4.69, 9.17) is 0 Å². The number of carbonyl (C=O) groups excluding carboxylic acids is 1. The number of alkyl halides is 2. The second-order valence-corrected chi connectivity index (χ2v) is 4.52. The van der Waals surface area contributed by atoms with E-state index in [9.17, 15) is 13.6 Å². The van der Waals surface area contributed by atoms with Crippen LogP contribution in [-0.4, -0.2) is 42.9 Å². The van der Waals surface area contributed by atoms with Crippen LogP contribution >= 0.6 is 0 Å². The summed E-state index contributed by atoms with van der Waals surface area (Å²) in [7, 11) is 1.86. The molecule has 1 atom stereocenters. The molecule has 1 unspecified atom stereocenters. The van der Waals surface area contributed by atoms with E-state index in [-0.39, 0.29) is 18.7 Å². The summed E-state index contributed by atoms with van der Waals surface area (Å²) in [5.74, 6) is -3.11. The average molecular weight is 218 g/mol. The van der Waals surface area contributed by atoms with Crippen molar-refractivity contribution in [3.8, 4) is 0 Å². The zero-order chi connectivity index (χ0) is 11.1. The standard InChI is InChI=1S/C10H16F2N2O/c1-13-8-2-3-14(6-8)9(15)7-4-10(11,12)5-7/h7-8,13H,2-6H2,1H3. The minimum absolute atomic E-state index is 0.0846. The molecule has 0 radical (unpaired) electrons. The first kappa shape index (κ1) is 10.8. The summed E-state index contributed by atoms with van der Waals surface area (Å²) in [5, 5.41) is 3.10. The molecule has 2 fully saturated rings. The molecule has 0 aromatic rings. The number of hydrogen-bond donors (Lipinski definition) is 1. The number of likely N-dealkylation sites (tertiary alicyclic amines) is 1. The molecular formula is C10H16F2N2O. The van der Waals surface area contributed by atoms with E-state index < -0.39 is 11.8 Å². The van der Waals surface area contributed by atoms with E-state index in [2.05, 4.69) is 5.32 Å². The maximum atomic E-state index is 12.6. The van der Waals surface area contributed by atoms with Crippen LogP contribution in [-0.2, 0) is 4.79 Å². The highest BCUT2D eigenvalue weighted by Crippen LogP contribution is 2.43. The lowest BCUT2D eigenvalue weighted by atomic mass is 9.80. The first-order valence-corrected chi connectivity index (χ1v) is 5.36. The van der Waals surface area contributed by atoms with Gasteiger partial charge in [0.2, 0.25) is 11.8 Å². The molecule has 0 aromatic heterocycles. The summed E-state index contributed by atoms with van der Waals surface area (Å²) in [4.78, 5) is 13.5. The van der Waals surface area contributed by atoms with Crippen LogP contribution in [0.4, 0.5) is 8.78 Å². The molecule has 2 aliphatic rings. The smallest absolute Gasteiger partial charge is 0.249 e. The summed E-state index contributed by atoms with van der Waals surface area (Å²) in [6.45, 7) is 1.36. The van der Waals surface area contributed by atoms with Crippen LogP contribution in [0.25, 0.3) is 0 Å². The number of carbonyl (C=O) groups is 1. The van der Waals surface area contributed by atoms with Gasteiger partial charge in [-0.3, -0.25) is 4.79 Å². The van der Waals surface area contributed by atoms with Gasteiger partial charge >= 0.3 is 0 Å². The molecule has 5 heteroatoms. The second-order valence-electron chi connectivity index (χ2n) is 4.52. The number of rotatable bonds is 2. The number of halogens is 2. The van der Waals surface area contributed by atoms with E-state index in [0.717, 1.165) is 6.42 Å². The lowest BCUT2D eigenvalue weighted by molar-refractivity contribution is -0.158. The van der Waals surface area contributed by atoms with Crippen molar-refractivity contribution in [2.24, 2.45) is 5.92 Å². The van der Waals surface area contributed by atoms with Gasteiger partial charge in [-0.05, 0) is 13.5 Å². The summed E-state index contributed by atoms with van der Waals surface area (Å²) in [6.07, 6.45) is 0.407. The molecule has 1 heterocycles. The minimum atomic E-state index is -2.59. The highest BCUT2D eigenvalue weighted by Gasteiger charge is 2.50. The van der Waals surface area contributed by atoms with Gasteiger partial charge in [0, 0.05) is 37.9 Å². The number of amides is 1. The maximum absolute atomic E-state index is 12.6. The Morgan fingerprint density at radius 1 is 1.47 bits per heavy atom. The highest BCUT2D eigenvalue weighted by atomic mass is 19.3. The van der Waals surface area contributed by atoms with Crippen LogP contribution in [0.5, 0.6) is 0 Å². The highest BCUT2D eigenvalue weighted by molar-refractivity contribution is 5.80. The van der Waals surface area contributed by atoms with Crippen molar-refractivity contribution in [1.82, 2.24) is 10.2 Å². The molecule has 0 bridgehead atoms. The molecule has 1 aliphatic carbocycles. The maximum Gasteiger partial charge on any atom is 0.249 e. The summed E-state index contributed by atoms with van der Waals surface area (Å²) in [5.41, 5.74) is 0. The van der Waals surface area contributed by atoms with Crippen molar-refractivity contribution in [2.75, 3.05) is 20.1 Å². The Hall–Kier alpha value is -0.710. The summed E-state index contributed by atoms with van der Waals surface area (Å²) >= 11 is 0. The zero-order valence-electron chi connectivity index (χ0n) is 8.80. The Bertz CT molecular complexity index is 262. The monoisotopic (exact) mass is 218 g/mol. The van der Waals surface area contributed by atoms with E-state index in [1.807, 2.05) is 7.05 Å². The third kappa shape index (κ3) is 2.12. The molecule has 15 heavy (non-hydrogen) atoms. The fraction of sp³-hybridized carbons (Fsp3) is 0.900. The summed E-state index contributed by atoms with van der Waals surface area (Å²) in [6, 6.07) is 0.328. The van der Waals surface area contributed by atoms with Gasteiger partial charge in [-0.2, -0.15) is 0 Å². The number of hydrogen-bond acceptors (Lipinski definition) is 2. The minimum Gasteiger partial charge on any atom is -0.341 e. The van der Waals surface area contributed by atoms with Gasteiger partial charge in [0.15, 0.2) is 0 Å². The van der Waals surface area contributed by atoms with Crippen molar-refractivity contribution in [2.45, 2.75) is 31.2 Å². The molecule has 1 aliphatic heterocycles. The van der Waals surface area contributed by atoms with E-state index in [0.29, 0.717) is 19.1 Å². The SMILES string of the molecule is CNC1CCN(C(=O)C2CC(F)(F)C2)C1. The Balaban J connectivity index is 1.83. The predicted molar refractivity (Wildman–Crippen MR) is 51.7 cm³/mol. The summed E-state index contributed by atoms with van der Waals surface area (Å²) < 4.78 is 25.2. The van der Waals surface area contributed by atoms with Gasteiger partial charge in [0.1, 0.15) is 0 Å². The van der Waals surface area contributed by atoms with E-state index in [1.165, 1.54) is 0 Å². The van der Waals surface area contributed by atoms with Crippen molar-refractivity contribution in [3.05, 3.63) is 0 Å². The van der Waals surface area contributed by atoms with E-state index in [1.54, 1.807) is 4.90 Å². The average Bonchev–Trinajstić information content (AvgIpc) is 2.61. The zero-order valence-corrected chi connectivity index (χ0v) is 8.80. The van der Waals surface area contributed by atoms with Crippen LogP contribution in [0.2, 0.25) is 0 Å². The normalized spacial score (nSPS) is 30.3. The molecule has 3 nitrogen and oxygen atoms in total. The Kier molecular flexibility index (Phi) is 2.66. The lowest BCUT2D eigenvalue weighted by Gasteiger charge is -2.36. The van der Waals surface area contributed by atoms with Crippen LogP contribution in [0.1, 0.15) is 19.3 Å². The molecule has 1 N–H and O–H groups in total. The molecule has 1 saturated carbocycles. The molecule has 1 saturated heterocycles. The van der Waals surface area contributed by atoms with Crippen molar-refractivity contribution < 1.29 is 13.6 Å². The molecule has 1 amide bonds. The van der Waals surface area contributed by atoms with Gasteiger partial charge in [0.05, 0.1) is 0 Å². The third-order valence-corrected chi connectivity index (χ3v) is 3.35. The van der Waals surface area contributed by atoms with Gasteiger partial charge in [-0.15, -0.1) is 0 Å². The number of likely N-dealkylation sites (N-methyl/N-ethyl adjacent to an activating group) is 1. The van der Waals surface area contributed by atoms with Crippen LogP contribution in [0.3, 0.4) is 0 Å². The van der Waals surface area contributed by atoms with Gasteiger partial charge in [-0.1, -0.05) is 0 Å². The molecule has 0 spiro atoms. The van der Waals surface area contributed by atoms with Gasteiger partial charge < -0.3 is 10.2 Å². The van der Waals surface area contributed by atoms with Crippen LogP contribution in [0.15, 0.2) is 0 Å². The molecular weight excluding hydrogens is 202 g/mol.